The Morgan fingerprint density at radius 1 is 1.17 bits per heavy atom. The van der Waals surface area contributed by atoms with Crippen molar-refractivity contribution in [1.82, 2.24) is 4.90 Å². The highest BCUT2D eigenvalue weighted by atomic mass is 16.5. The van der Waals surface area contributed by atoms with E-state index in [0.29, 0.717) is 18.1 Å². The smallest absolute Gasteiger partial charge is 0.0678 e. The third kappa shape index (κ3) is 3.82. The number of ether oxygens (including phenoxy) is 1. The molecule has 0 aromatic heterocycles. The molecule has 1 saturated heterocycles. The molecule has 1 aliphatic heterocycles. The fourth-order valence-electron chi connectivity index (χ4n) is 2.79. The lowest BCUT2D eigenvalue weighted by Crippen LogP contribution is -2.45. The zero-order valence-corrected chi connectivity index (χ0v) is 11.8. The first-order valence-corrected chi connectivity index (χ1v) is 7.08. The van der Waals surface area contributed by atoms with Gasteiger partial charge < -0.3 is 4.74 Å². The van der Waals surface area contributed by atoms with Crippen LogP contribution >= 0.6 is 0 Å². The lowest BCUT2D eigenvalue weighted by molar-refractivity contribution is -0.0683. The molecular weight excluding hydrogens is 222 g/mol. The van der Waals surface area contributed by atoms with Crippen LogP contribution in [-0.2, 0) is 4.74 Å². The summed E-state index contributed by atoms with van der Waals surface area (Å²) in [5, 5.41) is 0. The van der Waals surface area contributed by atoms with Gasteiger partial charge in [0.1, 0.15) is 0 Å². The molecule has 3 atom stereocenters. The Balaban J connectivity index is 1.81. The van der Waals surface area contributed by atoms with Gasteiger partial charge >= 0.3 is 0 Å². The highest BCUT2D eigenvalue weighted by Crippen LogP contribution is 2.20. The summed E-state index contributed by atoms with van der Waals surface area (Å²) in [6.45, 7) is 9.99. The molecule has 0 spiro atoms. The van der Waals surface area contributed by atoms with E-state index in [0.717, 1.165) is 13.1 Å². The summed E-state index contributed by atoms with van der Waals surface area (Å²) in [5.74, 6) is 0.639. The fourth-order valence-corrected chi connectivity index (χ4v) is 2.79. The monoisotopic (exact) mass is 247 g/mol. The maximum Gasteiger partial charge on any atom is 0.0678 e. The topological polar surface area (TPSA) is 12.5 Å². The van der Waals surface area contributed by atoms with Crippen molar-refractivity contribution in [3.8, 4) is 0 Å². The lowest BCUT2D eigenvalue weighted by Gasteiger charge is -2.35. The molecule has 1 aromatic rings. The normalized spacial score (nSPS) is 27.1. The molecule has 2 heteroatoms. The van der Waals surface area contributed by atoms with Crippen LogP contribution in [0.1, 0.15) is 38.7 Å². The summed E-state index contributed by atoms with van der Waals surface area (Å²) in [4.78, 5) is 2.54. The van der Waals surface area contributed by atoms with Gasteiger partial charge in [0, 0.05) is 13.1 Å². The molecule has 2 nitrogen and oxygen atoms in total. The molecule has 0 amide bonds. The van der Waals surface area contributed by atoms with E-state index in [2.05, 4.69) is 56.0 Å². The van der Waals surface area contributed by atoms with Crippen LogP contribution in [0, 0.1) is 0 Å². The average Bonchev–Trinajstić information content (AvgIpc) is 2.36. The van der Waals surface area contributed by atoms with Gasteiger partial charge in [-0.25, -0.2) is 0 Å². The second-order valence-corrected chi connectivity index (χ2v) is 5.62. The summed E-state index contributed by atoms with van der Waals surface area (Å²) < 4.78 is 5.77. The van der Waals surface area contributed by atoms with Crippen molar-refractivity contribution in [1.29, 1.82) is 0 Å². The van der Waals surface area contributed by atoms with Gasteiger partial charge in [-0.2, -0.15) is 0 Å². The molecule has 2 rings (SSSR count). The van der Waals surface area contributed by atoms with Crippen molar-refractivity contribution in [2.75, 3.05) is 19.6 Å². The van der Waals surface area contributed by atoms with E-state index in [1.54, 1.807) is 0 Å². The number of nitrogens with zero attached hydrogens (tertiary/aromatic N) is 1. The van der Waals surface area contributed by atoms with Crippen LogP contribution in [0.25, 0.3) is 0 Å². The molecule has 1 aliphatic rings. The molecule has 0 N–H and O–H groups in total. The van der Waals surface area contributed by atoms with Crippen molar-refractivity contribution >= 4 is 0 Å². The van der Waals surface area contributed by atoms with Crippen molar-refractivity contribution < 1.29 is 4.74 Å². The van der Waals surface area contributed by atoms with Gasteiger partial charge in [0.05, 0.1) is 12.2 Å². The molecule has 18 heavy (non-hydrogen) atoms. The lowest BCUT2D eigenvalue weighted by atomic mass is 9.97. The van der Waals surface area contributed by atoms with Crippen molar-refractivity contribution in [2.24, 2.45) is 0 Å². The summed E-state index contributed by atoms with van der Waals surface area (Å²) in [6.07, 6.45) is 1.98. The van der Waals surface area contributed by atoms with Crippen LogP contribution in [-0.4, -0.2) is 36.7 Å². The number of morpholine rings is 1. The molecule has 100 valence electrons. The minimum Gasteiger partial charge on any atom is -0.373 e. The number of benzene rings is 1. The minimum absolute atomic E-state index is 0.376. The summed E-state index contributed by atoms with van der Waals surface area (Å²) in [5.41, 5.74) is 1.45. The summed E-state index contributed by atoms with van der Waals surface area (Å²) in [7, 11) is 0. The van der Waals surface area contributed by atoms with Gasteiger partial charge in [-0.15, -0.1) is 0 Å². The summed E-state index contributed by atoms with van der Waals surface area (Å²) >= 11 is 0. The third-order valence-electron chi connectivity index (χ3n) is 3.74. The van der Waals surface area contributed by atoms with Crippen LogP contribution in [0.2, 0.25) is 0 Å². The average molecular weight is 247 g/mol. The summed E-state index contributed by atoms with van der Waals surface area (Å²) in [6, 6.07) is 10.8. The van der Waals surface area contributed by atoms with Crippen LogP contribution in [0.5, 0.6) is 0 Å². The SMILES string of the molecule is C[C@@H]1CN(CC[C@@H](C)c2ccccc2)C[C@@H](C)O1. The Labute approximate surface area is 111 Å². The van der Waals surface area contributed by atoms with Gasteiger partial charge in [-0.1, -0.05) is 37.3 Å². The van der Waals surface area contributed by atoms with E-state index in [4.69, 9.17) is 4.74 Å². The quantitative estimate of drug-likeness (QED) is 0.809. The molecule has 0 saturated carbocycles. The van der Waals surface area contributed by atoms with E-state index in [1.807, 2.05) is 0 Å². The van der Waals surface area contributed by atoms with Gasteiger partial charge in [0.25, 0.3) is 0 Å². The van der Waals surface area contributed by atoms with Gasteiger partial charge in [-0.3, -0.25) is 4.90 Å². The first kappa shape index (κ1) is 13.6. The minimum atomic E-state index is 0.376. The highest BCUT2D eigenvalue weighted by molar-refractivity contribution is 5.18. The van der Waals surface area contributed by atoms with Gasteiger partial charge in [-0.05, 0) is 38.3 Å². The molecule has 1 aromatic carbocycles. The molecule has 0 aliphatic carbocycles. The van der Waals surface area contributed by atoms with E-state index < -0.39 is 0 Å². The predicted molar refractivity (Wildman–Crippen MR) is 75.9 cm³/mol. The maximum absolute atomic E-state index is 5.77. The number of hydrogen-bond donors (Lipinski definition) is 0. The van der Waals surface area contributed by atoms with E-state index in [1.165, 1.54) is 18.5 Å². The Morgan fingerprint density at radius 3 is 2.39 bits per heavy atom. The van der Waals surface area contributed by atoms with Crippen molar-refractivity contribution in [3.05, 3.63) is 35.9 Å². The van der Waals surface area contributed by atoms with Gasteiger partial charge in [0.15, 0.2) is 0 Å². The molecule has 0 unspecified atom stereocenters. The van der Waals surface area contributed by atoms with Crippen LogP contribution in [0.15, 0.2) is 30.3 Å². The second-order valence-electron chi connectivity index (χ2n) is 5.62. The molecule has 0 bridgehead atoms. The third-order valence-corrected chi connectivity index (χ3v) is 3.74. The van der Waals surface area contributed by atoms with Crippen LogP contribution in [0.4, 0.5) is 0 Å². The first-order chi connectivity index (χ1) is 8.65. The second kappa shape index (κ2) is 6.35. The standard InChI is InChI=1S/C16H25NO/c1-13(16-7-5-4-6-8-16)9-10-17-11-14(2)18-15(3)12-17/h4-8,13-15H,9-12H2,1-3H3/t13-,14-,15-/m1/s1. The molecule has 0 radical (unpaired) electrons. The zero-order valence-electron chi connectivity index (χ0n) is 11.8. The Kier molecular flexibility index (Phi) is 4.79. The highest BCUT2D eigenvalue weighted by Gasteiger charge is 2.22. The Hall–Kier alpha value is -0.860. The molecule has 1 fully saturated rings. The predicted octanol–water partition coefficient (Wildman–Crippen LogP) is 3.29. The maximum atomic E-state index is 5.77. The first-order valence-electron chi connectivity index (χ1n) is 7.08. The van der Waals surface area contributed by atoms with Crippen LogP contribution < -0.4 is 0 Å². The van der Waals surface area contributed by atoms with Crippen LogP contribution in [0.3, 0.4) is 0 Å². The largest absolute Gasteiger partial charge is 0.373 e. The fraction of sp³-hybridized carbons (Fsp3) is 0.625. The van der Waals surface area contributed by atoms with Crippen molar-refractivity contribution in [2.45, 2.75) is 45.3 Å². The van der Waals surface area contributed by atoms with E-state index in [9.17, 15) is 0 Å². The zero-order chi connectivity index (χ0) is 13.0. The van der Waals surface area contributed by atoms with Crippen molar-refractivity contribution in [3.63, 3.8) is 0 Å². The van der Waals surface area contributed by atoms with E-state index in [-0.39, 0.29) is 0 Å². The van der Waals surface area contributed by atoms with E-state index >= 15 is 0 Å². The van der Waals surface area contributed by atoms with Gasteiger partial charge in [0.2, 0.25) is 0 Å². The molecule has 1 heterocycles. The number of rotatable bonds is 4. The Morgan fingerprint density at radius 2 is 1.78 bits per heavy atom. The molecular formula is C16H25NO. The Bertz CT molecular complexity index is 341. The number of hydrogen-bond acceptors (Lipinski definition) is 2.